The van der Waals surface area contributed by atoms with E-state index in [0.29, 0.717) is 0 Å². The fourth-order valence-electron chi connectivity index (χ4n) is 4.82. The second-order valence-electron chi connectivity index (χ2n) is 7.94. The molecule has 5 heteroatoms. The van der Waals surface area contributed by atoms with E-state index >= 15 is 0 Å². The van der Waals surface area contributed by atoms with Crippen LogP contribution in [0.5, 0.6) is 0 Å². The summed E-state index contributed by atoms with van der Waals surface area (Å²) in [4.78, 5) is 0. The standard InChI is InChI=1S/C21H23FN2O2/c1-14-8-10-25-21(26-14)9-7-16-11-19-15(12-20(16,21)2)13-23-24(19)18-5-3-17(22)4-6-18/h3-6,11,13-14H,7-10,12H2,1-2H3/t14-,20-,21?/m0/s1. The number of rotatable bonds is 1. The maximum absolute atomic E-state index is 13.3. The first kappa shape index (κ1) is 16.2. The summed E-state index contributed by atoms with van der Waals surface area (Å²) >= 11 is 0. The molecule has 1 saturated carbocycles. The fourth-order valence-corrected chi connectivity index (χ4v) is 4.82. The average Bonchev–Trinajstić information content (AvgIpc) is 3.13. The summed E-state index contributed by atoms with van der Waals surface area (Å²) in [5.74, 6) is -0.759. The lowest BCUT2D eigenvalue weighted by molar-refractivity contribution is -0.324. The number of halogens is 1. The molecule has 2 heterocycles. The molecule has 2 aliphatic carbocycles. The molecule has 26 heavy (non-hydrogen) atoms. The highest BCUT2D eigenvalue weighted by molar-refractivity contribution is 5.62. The quantitative estimate of drug-likeness (QED) is 0.767. The molecule has 0 amide bonds. The first-order chi connectivity index (χ1) is 12.5. The Morgan fingerprint density at radius 1 is 1.27 bits per heavy atom. The van der Waals surface area contributed by atoms with Gasteiger partial charge in [-0.3, -0.25) is 0 Å². The molecular weight excluding hydrogens is 331 g/mol. The predicted molar refractivity (Wildman–Crippen MR) is 96.4 cm³/mol. The number of fused-ring (bicyclic) bond motifs is 3. The molecule has 1 saturated heterocycles. The number of benzene rings is 1. The number of hydrogen-bond acceptors (Lipinski definition) is 3. The zero-order chi connectivity index (χ0) is 17.9. The Balaban J connectivity index is 1.56. The van der Waals surface area contributed by atoms with Crippen molar-refractivity contribution in [1.29, 1.82) is 0 Å². The molecule has 1 spiro atoms. The summed E-state index contributed by atoms with van der Waals surface area (Å²) in [7, 11) is 0. The highest BCUT2D eigenvalue weighted by Gasteiger charge is 2.59. The van der Waals surface area contributed by atoms with Gasteiger partial charge in [0, 0.05) is 11.8 Å². The minimum absolute atomic E-state index is 0.161. The minimum atomic E-state index is -0.522. The van der Waals surface area contributed by atoms with Crippen LogP contribution in [0.2, 0.25) is 0 Å². The summed E-state index contributed by atoms with van der Waals surface area (Å²) in [6.45, 7) is 5.16. The molecule has 136 valence electrons. The van der Waals surface area contributed by atoms with E-state index in [0.717, 1.165) is 43.7 Å². The Morgan fingerprint density at radius 2 is 2.08 bits per heavy atom. The van der Waals surface area contributed by atoms with Crippen molar-refractivity contribution in [1.82, 2.24) is 9.78 Å². The molecule has 1 aliphatic heterocycles. The molecule has 3 aliphatic rings. The number of ether oxygens (including phenoxy) is 2. The van der Waals surface area contributed by atoms with Gasteiger partial charge in [0.2, 0.25) is 0 Å². The van der Waals surface area contributed by atoms with Gasteiger partial charge in [-0.2, -0.15) is 5.10 Å². The molecule has 1 aromatic heterocycles. The summed E-state index contributed by atoms with van der Waals surface area (Å²) in [5, 5.41) is 4.57. The summed E-state index contributed by atoms with van der Waals surface area (Å²) in [6, 6.07) is 6.47. The zero-order valence-corrected chi connectivity index (χ0v) is 15.2. The van der Waals surface area contributed by atoms with Crippen LogP contribution >= 0.6 is 0 Å². The SMILES string of the molecule is C[C@H]1CCOC2(CCC3=Cc4c(cnn4-c4ccc(F)cc4)C[C@@]32C)O1. The molecular formula is C21H23FN2O2. The molecule has 3 atom stereocenters. The Hall–Kier alpha value is -1.98. The monoisotopic (exact) mass is 354 g/mol. The van der Waals surface area contributed by atoms with Gasteiger partial charge in [0.25, 0.3) is 0 Å². The number of hydrogen-bond donors (Lipinski definition) is 0. The van der Waals surface area contributed by atoms with Crippen LogP contribution in [0.4, 0.5) is 4.39 Å². The van der Waals surface area contributed by atoms with Crippen LogP contribution in [0, 0.1) is 11.2 Å². The third-order valence-electron chi connectivity index (χ3n) is 6.34. The summed E-state index contributed by atoms with van der Waals surface area (Å²) in [5.41, 5.74) is 4.35. The van der Waals surface area contributed by atoms with Gasteiger partial charge in [-0.25, -0.2) is 9.07 Å². The second kappa shape index (κ2) is 5.51. The molecule has 0 radical (unpaired) electrons. The van der Waals surface area contributed by atoms with Gasteiger partial charge < -0.3 is 9.47 Å². The minimum Gasteiger partial charge on any atom is -0.349 e. The largest absolute Gasteiger partial charge is 0.349 e. The molecule has 0 N–H and O–H groups in total. The topological polar surface area (TPSA) is 36.3 Å². The van der Waals surface area contributed by atoms with Crippen LogP contribution in [0.1, 0.15) is 44.4 Å². The highest BCUT2D eigenvalue weighted by Crippen LogP contribution is 2.58. The lowest BCUT2D eigenvalue weighted by atomic mass is 9.71. The van der Waals surface area contributed by atoms with Gasteiger partial charge >= 0.3 is 0 Å². The first-order valence-corrected chi connectivity index (χ1v) is 9.36. The third kappa shape index (κ3) is 2.17. The van der Waals surface area contributed by atoms with E-state index in [1.54, 1.807) is 12.1 Å². The highest BCUT2D eigenvalue weighted by atomic mass is 19.1. The van der Waals surface area contributed by atoms with Crippen molar-refractivity contribution in [2.45, 2.75) is 51.4 Å². The maximum Gasteiger partial charge on any atom is 0.178 e. The molecule has 0 bridgehead atoms. The smallest absolute Gasteiger partial charge is 0.178 e. The van der Waals surface area contributed by atoms with Crippen molar-refractivity contribution in [3.63, 3.8) is 0 Å². The van der Waals surface area contributed by atoms with E-state index < -0.39 is 5.79 Å². The Morgan fingerprint density at radius 3 is 2.85 bits per heavy atom. The number of aromatic nitrogens is 2. The van der Waals surface area contributed by atoms with E-state index in [4.69, 9.17) is 9.47 Å². The number of nitrogens with zero attached hydrogens (tertiary/aromatic N) is 2. The van der Waals surface area contributed by atoms with Crippen molar-refractivity contribution in [3.8, 4) is 5.69 Å². The summed E-state index contributed by atoms with van der Waals surface area (Å²) < 4.78 is 27.8. The van der Waals surface area contributed by atoms with Gasteiger partial charge in [-0.05, 0) is 62.1 Å². The first-order valence-electron chi connectivity index (χ1n) is 9.36. The van der Waals surface area contributed by atoms with Gasteiger partial charge in [-0.1, -0.05) is 12.5 Å². The van der Waals surface area contributed by atoms with Gasteiger partial charge in [0.15, 0.2) is 5.79 Å². The van der Waals surface area contributed by atoms with E-state index in [2.05, 4.69) is 25.0 Å². The van der Waals surface area contributed by atoms with Crippen LogP contribution in [0.3, 0.4) is 0 Å². The van der Waals surface area contributed by atoms with E-state index in [1.807, 2.05) is 10.9 Å². The summed E-state index contributed by atoms with van der Waals surface area (Å²) in [6.07, 6.45) is 8.06. The molecule has 1 unspecified atom stereocenters. The molecule has 2 aromatic rings. The lowest BCUT2D eigenvalue weighted by Gasteiger charge is -2.48. The molecule has 4 nitrogen and oxygen atoms in total. The predicted octanol–water partition coefficient (Wildman–Crippen LogP) is 4.27. The molecule has 5 rings (SSSR count). The van der Waals surface area contributed by atoms with E-state index in [9.17, 15) is 4.39 Å². The Bertz CT molecular complexity index is 888. The normalized spacial score (nSPS) is 33.0. The Labute approximate surface area is 152 Å². The molecule has 2 fully saturated rings. The van der Waals surface area contributed by atoms with E-state index in [-0.39, 0.29) is 17.3 Å². The van der Waals surface area contributed by atoms with Gasteiger partial charge in [0.1, 0.15) is 5.82 Å². The van der Waals surface area contributed by atoms with Crippen molar-refractivity contribution >= 4 is 6.08 Å². The van der Waals surface area contributed by atoms with Gasteiger partial charge in [-0.15, -0.1) is 0 Å². The van der Waals surface area contributed by atoms with Crippen molar-refractivity contribution in [2.75, 3.05) is 6.61 Å². The third-order valence-corrected chi connectivity index (χ3v) is 6.34. The zero-order valence-electron chi connectivity index (χ0n) is 15.2. The van der Waals surface area contributed by atoms with Crippen molar-refractivity contribution in [2.24, 2.45) is 5.41 Å². The van der Waals surface area contributed by atoms with Crippen LogP contribution in [0.25, 0.3) is 11.8 Å². The van der Waals surface area contributed by atoms with Crippen LogP contribution in [0.15, 0.2) is 36.0 Å². The average molecular weight is 354 g/mol. The van der Waals surface area contributed by atoms with Gasteiger partial charge in [0.05, 0.1) is 30.3 Å². The van der Waals surface area contributed by atoms with Crippen molar-refractivity contribution in [3.05, 3.63) is 53.1 Å². The second-order valence-corrected chi connectivity index (χ2v) is 7.94. The van der Waals surface area contributed by atoms with Crippen LogP contribution in [-0.4, -0.2) is 28.3 Å². The van der Waals surface area contributed by atoms with Crippen LogP contribution < -0.4 is 0 Å². The maximum atomic E-state index is 13.3. The van der Waals surface area contributed by atoms with Crippen molar-refractivity contribution < 1.29 is 13.9 Å². The van der Waals surface area contributed by atoms with E-state index in [1.165, 1.54) is 23.3 Å². The Kier molecular flexibility index (Phi) is 3.43. The fraction of sp³-hybridized carbons (Fsp3) is 0.476. The molecule has 1 aromatic carbocycles. The van der Waals surface area contributed by atoms with Crippen LogP contribution in [-0.2, 0) is 15.9 Å². The lowest BCUT2D eigenvalue weighted by Crippen LogP contribution is -2.53.